The summed E-state index contributed by atoms with van der Waals surface area (Å²) in [7, 11) is -1.05. The van der Waals surface area contributed by atoms with Gasteiger partial charge >= 0.3 is 13.1 Å². The molecule has 0 unspecified atom stereocenters. The van der Waals surface area contributed by atoms with Crippen molar-refractivity contribution in [1.29, 1.82) is 0 Å². The second-order valence-electron chi connectivity index (χ2n) is 13.2. The Morgan fingerprint density at radius 2 is 1.79 bits per heavy atom. The maximum Gasteiger partial charge on any atom is 0.455 e. The third-order valence-corrected chi connectivity index (χ3v) is 10.2. The normalized spacial score (nSPS) is 22.8. The molecule has 2 saturated heterocycles. The number of phenolic OH excluding ortho intramolecular Hbond substituents is 1. The van der Waals surface area contributed by atoms with Crippen LogP contribution >= 0.6 is 0 Å². The number of carboxylic acids is 1. The number of nitrogens with zero attached hydrogens (tertiary/aromatic N) is 2. The third-order valence-electron chi connectivity index (χ3n) is 10.2. The molecule has 9 nitrogen and oxygen atoms in total. The van der Waals surface area contributed by atoms with E-state index in [4.69, 9.17) is 9.76 Å². The zero-order valence-electron chi connectivity index (χ0n) is 27.4. The van der Waals surface area contributed by atoms with Gasteiger partial charge in [-0.25, -0.2) is 0 Å². The van der Waals surface area contributed by atoms with Gasteiger partial charge in [0.2, 0.25) is 11.8 Å². The lowest BCUT2D eigenvalue weighted by molar-refractivity contribution is -0.141. The molecular formula is C38H43BN2O7. The van der Waals surface area contributed by atoms with Crippen LogP contribution < -0.4 is 0 Å². The van der Waals surface area contributed by atoms with Crippen LogP contribution in [0, 0.1) is 17.8 Å². The first-order valence-corrected chi connectivity index (χ1v) is 17.2. The number of allylic oxidation sites excluding steroid dienone is 2. The van der Waals surface area contributed by atoms with E-state index < -0.39 is 31.0 Å². The highest BCUT2D eigenvalue weighted by molar-refractivity contribution is 6.43. The lowest BCUT2D eigenvalue weighted by atomic mass is 9.58. The molecule has 48 heavy (non-hydrogen) atoms. The van der Waals surface area contributed by atoms with Crippen molar-refractivity contribution in [3.8, 4) is 5.75 Å². The molecule has 10 heteroatoms. The minimum atomic E-state index is -1.05. The van der Waals surface area contributed by atoms with Gasteiger partial charge < -0.3 is 19.9 Å². The Balaban J connectivity index is 1.28. The maximum atomic E-state index is 13.9. The Bertz CT molecular complexity index is 1740. The summed E-state index contributed by atoms with van der Waals surface area (Å²) >= 11 is 0. The van der Waals surface area contributed by atoms with Gasteiger partial charge in [0.1, 0.15) is 5.75 Å². The number of likely N-dealkylation sites (tertiary alicyclic amines) is 1. The molecule has 4 atom stereocenters. The number of hydrogen-bond acceptors (Lipinski definition) is 7. The Labute approximate surface area is 281 Å². The first-order valence-electron chi connectivity index (χ1n) is 17.2. The molecule has 2 aromatic carbocycles. The Morgan fingerprint density at radius 1 is 1.00 bits per heavy atom. The molecule has 2 aliphatic heterocycles. The number of benzene rings is 2. The van der Waals surface area contributed by atoms with Crippen LogP contribution in [0.1, 0.15) is 76.0 Å². The molecule has 0 saturated carbocycles. The minimum Gasteiger partial charge on any atom is -0.507 e. The fourth-order valence-corrected chi connectivity index (χ4v) is 8.04. The summed E-state index contributed by atoms with van der Waals surface area (Å²) in [5.41, 5.74) is 5.00. The van der Waals surface area contributed by atoms with E-state index in [0.717, 1.165) is 51.6 Å². The third kappa shape index (κ3) is 6.96. The van der Waals surface area contributed by atoms with E-state index in [-0.39, 0.29) is 36.2 Å². The molecule has 6 rings (SSSR count). The van der Waals surface area contributed by atoms with Gasteiger partial charge in [-0.2, -0.15) is 0 Å². The van der Waals surface area contributed by atoms with Gasteiger partial charge in [-0.15, -0.1) is 0 Å². The van der Waals surface area contributed by atoms with E-state index in [9.17, 15) is 24.5 Å². The van der Waals surface area contributed by atoms with Crippen molar-refractivity contribution in [3.63, 3.8) is 0 Å². The predicted molar refractivity (Wildman–Crippen MR) is 184 cm³/mol. The van der Waals surface area contributed by atoms with Crippen LogP contribution in [0.25, 0.3) is 22.4 Å². The number of carbonyl (C=O) groups excluding carboxylic acids is 2. The number of phenols is 1. The number of rotatable bonds is 13. The fourth-order valence-electron chi connectivity index (χ4n) is 8.04. The second kappa shape index (κ2) is 14.9. The van der Waals surface area contributed by atoms with Gasteiger partial charge in [0, 0.05) is 24.5 Å². The van der Waals surface area contributed by atoms with Crippen LogP contribution in [0.5, 0.6) is 5.75 Å². The standard InChI is InChI=1S/C38H43BN2O7/c1-2-10-26-22-29-36(38(46)41(37(29)45)20-9-3-4-14-34(43)44)30-23-39(47)48-33(35(26)30)18-16-25(31-13-7-8-19-40-31)21-24-15-17-32(42)28-12-6-5-11-27(24)28/h5-8,11-13,15,17,19,21,29-30,33,36,42,47H,2-4,9-10,14,16,18,20,22-23H2,1H3,(H,43,44)/b25-21-/t29-,30+,33-,36-/m1/s1. The van der Waals surface area contributed by atoms with Crippen molar-refractivity contribution in [2.45, 2.75) is 77.1 Å². The number of carbonyl (C=O) groups is 3. The Morgan fingerprint density at radius 3 is 2.54 bits per heavy atom. The molecule has 1 aliphatic carbocycles. The van der Waals surface area contributed by atoms with Crippen molar-refractivity contribution in [1.82, 2.24) is 9.88 Å². The smallest absolute Gasteiger partial charge is 0.455 e. The fraction of sp³-hybridized carbons (Fsp3) is 0.421. The summed E-state index contributed by atoms with van der Waals surface area (Å²) in [5, 5.41) is 32.1. The first kappa shape index (κ1) is 33.6. The quantitative estimate of drug-likeness (QED) is 0.0825. The number of fused-ring (bicyclic) bond motifs is 4. The number of amides is 2. The summed E-state index contributed by atoms with van der Waals surface area (Å²) in [4.78, 5) is 44.4. The van der Waals surface area contributed by atoms with E-state index >= 15 is 0 Å². The van der Waals surface area contributed by atoms with Crippen molar-refractivity contribution < 1.29 is 34.3 Å². The molecule has 1 aromatic heterocycles. The highest BCUT2D eigenvalue weighted by Gasteiger charge is 2.56. The van der Waals surface area contributed by atoms with E-state index in [0.29, 0.717) is 45.1 Å². The van der Waals surface area contributed by atoms with E-state index in [1.54, 1.807) is 12.3 Å². The predicted octanol–water partition coefficient (Wildman–Crippen LogP) is 6.50. The summed E-state index contributed by atoms with van der Waals surface area (Å²) < 4.78 is 6.26. The van der Waals surface area contributed by atoms with Crippen LogP contribution in [0.3, 0.4) is 0 Å². The summed E-state index contributed by atoms with van der Waals surface area (Å²) in [5.74, 6) is -2.19. The van der Waals surface area contributed by atoms with E-state index in [1.165, 1.54) is 4.90 Å². The van der Waals surface area contributed by atoms with Crippen molar-refractivity contribution >= 4 is 47.3 Å². The SMILES string of the molecule is CCCC1=C2[C@@H](CC/C(=C/c3ccc(O)c4ccccc34)c3ccccn3)OB(O)C[C@@H]2[C@@H]2C(=O)N(CCCCCC(=O)O)C(=O)[C@@H]2C1. The van der Waals surface area contributed by atoms with Gasteiger partial charge in [0.15, 0.2) is 0 Å². The van der Waals surface area contributed by atoms with Gasteiger partial charge in [-0.1, -0.05) is 61.7 Å². The van der Waals surface area contributed by atoms with E-state index in [2.05, 4.69) is 18.0 Å². The molecule has 3 N–H and O–H groups in total. The highest BCUT2D eigenvalue weighted by Crippen LogP contribution is 2.51. The monoisotopic (exact) mass is 650 g/mol. The van der Waals surface area contributed by atoms with Crippen LogP contribution in [0.4, 0.5) is 0 Å². The zero-order valence-corrected chi connectivity index (χ0v) is 27.4. The molecule has 3 aliphatic rings. The molecule has 0 spiro atoms. The minimum absolute atomic E-state index is 0.0743. The number of carboxylic acid groups (broad SMARTS) is 1. The van der Waals surface area contributed by atoms with Gasteiger partial charge in [0.05, 0.1) is 23.6 Å². The lowest BCUT2D eigenvalue weighted by Crippen LogP contribution is -2.46. The molecule has 250 valence electrons. The Kier molecular flexibility index (Phi) is 10.4. The topological polar surface area (TPSA) is 137 Å². The number of aromatic nitrogens is 1. The zero-order chi connectivity index (χ0) is 33.8. The van der Waals surface area contributed by atoms with Crippen LogP contribution in [0.2, 0.25) is 6.32 Å². The molecule has 3 aromatic rings. The Hall–Kier alpha value is -4.28. The van der Waals surface area contributed by atoms with E-state index in [1.807, 2.05) is 48.5 Å². The van der Waals surface area contributed by atoms with Gasteiger partial charge in [-0.3, -0.25) is 24.3 Å². The average Bonchev–Trinajstić information content (AvgIpc) is 3.32. The summed E-state index contributed by atoms with van der Waals surface area (Å²) in [6.45, 7) is 2.40. The number of aliphatic carboxylic acids is 1. The van der Waals surface area contributed by atoms with Gasteiger partial charge in [-0.05, 0) is 97.1 Å². The molecule has 0 radical (unpaired) electrons. The highest BCUT2D eigenvalue weighted by atomic mass is 16.5. The largest absolute Gasteiger partial charge is 0.507 e. The average molecular weight is 651 g/mol. The van der Waals surface area contributed by atoms with Crippen LogP contribution in [-0.2, 0) is 19.0 Å². The summed E-state index contributed by atoms with van der Waals surface area (Å²) in [6, 6.07) is 17.1. The molecule has 0 bridgehead atoms. The molecule has 2 fully saturated rings. The van der Waals surface area contributed by atoms with Crippen molar-refractivity contribution in [3.05, 3.63) is 83.2 Å². The van der Waals surface area contributed by atoms with Crippen molar-refractivity contribution in [2.75, 3.05) is 6.54 Å². The number of hydrogen-bond donors (Lipinski definition) is 3. The number of unbranched alkanes of at least 4 members (excludes halogenated alkanes) is 2. The lowest BCUT2D eigenvalue weighted by Gasteiger charge is -2.43. The first-order chi connectivity index (χ1) is 23.3. The van der Waals surface area contributed by atoms with Crippen LogP contribution in [0.15, 0.2) is 71.9 Å². The molecular weight excluding hydrogens is 607 g/mol. The van der Waals surface area contributed by atoms with Crippen LogP contribution in [-0.4, -0.2) is 62.7 Å². The number of imide groups is 1. The maximum absolute atomic E-state index is 13.9. The van der Waals surface area contributed by atoms with Gasteiger partial charge in [0.25, 0.3) is 0 Å². The molecule has 3 heterocycles. The number of pyridine rings is 1. The summed E-state index contributed by atoms with van der Waals surface area (Å²) in [6.07, 6.45) is 8.86. The second-order valence-corrected chi connectivity index (χ2v) is 13.2. The molecule has 2 amide bonds. The number of aromatic hydroxyl groups is 1. The van der Waals surface area contributed by atoms with Crippen molar-refractivity contribution in [2.24, 2.45) is 17.8 Å².